The van der Waals surface area contributed by atoms with Gasteiger partial charge < -0.3 is 5.32 Å². The van der Waals surface area contributed by atoms with E-state index in [1.807, 2.05) is 19.1 Å². The number of anilines is 1. The van der Waals surface area contributed by atoms with Crippen molar-refractivity contribution in [1.29, 1.82) is 0 Å². The maximum absolute atomic E-state index is 12.1. The van der Waals surface area contributed by atoms with E-state index in [9.17, 15) is 4.79 Å². The number of hydrogen-bond acceptors (Lipinski definition) is 3. The molecule has 0 saturated heterocycles. The van der Waals surface area contributed by atoms with E-state index in [4.69, 9.17) is 0 Å². The Balaban J connectivity index is 1.58. The van der Waals surface area contributed by atoms with Gasteiger partial charge in [-0.2, -0.15) is 5.10 Å². The van der Waals surface area contributed by atoms with E-state index < -0.39 is 0 Å². The molecule has 3 rings (SSSR count). The number of nitrogens with zero attached hydrogens (tertiary/aromatic N) is 2. The van der Waals surface area contributed by atoms with E-state index in [0.717, 1.165) is 23.7 Å². The van der Waals surface area contributed by atoms with Crippen LogP contribution in [0.25, 0.3) is 0 Å². The molecule has 1 aliphatic rings. The summed E-state index contributed by atoms with van der Waals surface area (Å²) in [5.41, 5.74) is 2.54. The number of rotatable bonds is 4. The number of aromatic nitrogens is 3. The molecule has 2 aromatic heterocycles. The summed E-state index contributed by atoms with van der Waals surface area (Å²) in [6.07, 6.45) is 9.25. The number of aromatic amines is 1. The third-order valence-electron chi connectivity index (χ3n) is 4.28. The number of H-pyrrole nitrogens is 1. The van der Waals surface area contributed by atoms with Gasteiger partial charge in [-0.05, 0) is 31.4 Å². The van der Waals surface area contributed by atoms with Crippen LogP contribution in [0.2, 0.25) is 0 Å². The Bertz CT molecular complexity index is 626. The minimum Gasteiger partial charge on any atom is -0.305 e. The number of aryl methyl sites for hydroxylation is 1. The molecule has 2 aromatic rings. The van der Waals surface area contributed by atoms with Crippen LogP contribution in [0.5, 0.6) is 0 Å². The number of nitrogens with one attached hydrogen (secondary N) is 2. The first-order valence-corrected chi connectivity index (χ1v) is 7.99. The summed E-state index contributed by atoms with van der Waals surface area (Å²) in [6, 6.07) is 5.54. The lowest BCUT2D eigenvalue weighted by Gasteiger charge is -2.20. The van der Waals surface area contributed by atoms with Crippen molar-refractivity contribution in [1.82, 2.24) is 15.2 Å². The second-order valence-electron chi connectivity index (χ2n) is 6.13. The van der Waals surface area contributed by atoms with Crippen molar-refractivity contribution in [2.45, 2.75) is 45.4 Å². The Hall–Kier alpha value is -2.17. The summed E-state index contributed by atoms with van der Waals surface area (Å²) in [5.74, 6) is 1.15. The molecule has 0 bridgehead atoms. The van der Waals surface area contributed by atoms with Gasteiger partial charge >= 0.3 is 0 Å². The summed E-state index contributed by atoms with van der Waals surface area (Å²) in [5, 5.41) is 10.0. The summed E-state index contributed by atoms with van der Waals surface area (Å²) in [4.78, 5) is 16.3. The monoisotopic (exact) mass is 298 g/mol. The zero-order chi connectivity index (χ0) is 15.4. The SMILES string of the molecule is Cc1ccc(C(=O)Nc2cc(CC3CCCCC3)[nH]n2)cn1. The highest BCUT2D eigenvalue weighted by molar-refractivity contribution is 6.03. The number of amides is 1. The predicted molar refractivity (Wildman–Crippen MR) is 85.8 cm³/mol. The lowest BCUT2D eigenvalue weighted by atomic mass is 9.86. The van der Waals surface area contributed by atoms with E-state index in [-0.39, 0.29) is 5.91 Å². The van der Waals surface area contributed by atoms with Gasteiger partial charge in [0.05, 0.1) is 5.56 Å². The molecule has 1 saturated carbocycles. The van der Waals surface area contributed by atoms with Crippen molar-refractivity contribution in [3.63, 3.8) is 0 Å². The number of carbonyl (C=O) groups is 1. The maximum Gasteiger partial charge on any atom is 0.258 e. The molecule has 0 aliphatic heterocycles. The van der Waals surface area contributed by atoms with Gasteiger partial charge in [-0.25, -0.2) is 0 Å². The fraction of sp³-hybridized carbons (Fsp3) is 0.471. The highest BCUT2D eigenvalue weighted by atomic mass is 16.1. The second kappa shape index (κ2) is 6.73. The lowest BCUT2D eigenvalue weighted by Crippen LogP contribution is -2.12. The first kappa shape index (κ1) is 14.8. The van der Waals surface area contributed by atoms with Crippen molar-refractivity contribution >= 4 is 11.7 Å². The predicted octanol–water partition coefficient (Wildman–Crippen LogP) is 3.49. The van der Waals surface area contributed by atoms with Gasteiger partial charge in [0.2, 0.25) is 0 Å². The molecule has 116 valence electrons. The Kier molecular flexibility index (Phi) is 4.51. The number of carbonyl (C=O) groups excluding carboxylic acids is 1. The van der Waals surface area contributed by atoms with Gasteiger partial charge in [0, 0.05) is 23.7 Å². The van der Waals surface area contributed by atoms with Crippen LogP contribution in [0.15, 0.2) is 24.4 Å². The highest BCUT2D eigenvalue weighted by Gasteiger charge is 2.16. The molecule has 1 fully saturated rings. The molecular formula is C17H22N4O. The molecule has 1 amide bonds. The molecule has 1 aliphatic carbocycles. The molecule has 0 aromatic carbocycles. The average molecular weight is 298 g/mol. The smallest absolute Gasteiger partial charge is 0.258 e. The summed E-state index contributed by atoms with van der Waals surface area (Å²) < 4.78 is 0. The fourth-order valence-electron chi connectivity index (χ4n) is 3.02. The van der Waals surface area contributed by atoms with Crippen molar-refractivity contribution in [2.24, 2.45) is 5.92 Å². The molecule has 0 atom stereocenters. The van der Waals surface area contributed by atoms with E-state index in [2.05, 4.69) is 20.5 Å². The molecular weight excluding hydrogens is 276 g/mol. The summed E-state index contributed by atoms with van der Waals surface area (Å²) in [7, 11) is 0. The standard InChI is InChI=1S/C17H22N4O/c1-12-7-8-14(11-18-12)17(22)19-16-10-15(20-21-16)9-13-5-3-2-4-6-13/h7-8,10-11,13H,2-6,9H2,1H3,(H2,19,20,21,22). The van der Waals surface area contributed by atoms with Crippen molar-refractivity contribution in [3.05, 3.63) is 41.3 Å². The molecule has 0 unspecified atom stereocenters. The zero-order valence-electron chi connectivity index (χ0n) is 12.9. The van der Waals surface area contributed by atoms with Gasteiger partial charge in [0.25, 0.3) is 5.91 Å². The molecule has 0 spiro atoms. The molecule has 5 nitrogen and oxygen atoms in total. The first-order chi connectivity index (χ1) is 10.7. The van der Waals surface area contributed by atoms with Crippen molar-refractivity contribution in [2.75, 3.05) is 5.32 Å². The van der Waals surface area contributed by atoms with Gasteiger partial charge in [-0.1, -0.05) is 32.1 Å². The Morgan fingerprint density at radius 1 is 1.32 bits per heavy atom. The molecule has 5 heteroatoms. The third kappa shape index (κ3) is 3.72. The van der Waals surface area contributed by atoms with Gasteiger partial charge in [0.1, 0.15) is 0 Å². The Labute approximate surface area is 130 Å². The topological polar surface area (TPSA) is 70.7 Å². The highest BCUT2D eigenvalue weighted by Crippen LogP contribution is 2.26. The summed E-state index contributed by atoms with van der Waals surface area (Å²) in [6.45, 7) is 1.90. The zero-order valence-corrected chi connectivity index (χ0v) is 12.9. The summed E-state index contributed by atoms with van der Waals surface area (Å²) >= 11 is 0. The van der Waals surface area contributed by atoms with Crippen molar-refractivity contribution < 1.29 is 4.79 Å². The van der Waals surface area contributed by atoms with Crippen LogP contribution in [0.3, 0.4) is 0 Å². The van der Waals surface area contributed by atoms with Crippen molar-refractivity contribution in [3.8, 4) is 0 Å². The van der Waals surface area contributed by atoms with Gasteiger partial charge in [-0.3, -0.25) is 14.9 Å². The Morgan fingerprint density at radius 3 is 2.86 bits per heavy atom. The molecule has 0 radical (unpaired) electrons. The van der Waals surface area contributed by atoms with Crippen LogP contribution >= 0.6 is 0 Å². The minimum atomic E-state index is -0.178. The lowest BCUT2D eigenvalue weighted by molar-refractivity contribution is 0.102. The first-order valence-electron chi connectivity index (χ1n) is 7.99. The maximum atomic E-state index is 12.1. The van der Waals surface area contributed by atoms with Crippen LogP contribution in [-0.2, 0) is 6.42 Å². The van der Waals surface area contributed by atoms with Gasteiger partial charge in [0.15, 0.2) is 5.82 Å². The fourth-order valence-corrected chi connectivity index (χ4v) is 3.02. The largest absolute Gasteiger partial charge is 0.305 e. The molecule has 2 heterocycles. The van der Waals surface area contributed by atoms with Crippen LogP contribution < -0.4 is 5.32 Å². The Morgan fingerprint density at radius 2 is 2.14 bits per heavy atom. The van der Waals surface area contributed by atoms with E-state index in [1.54, 1.807) is 12.3 Å². The van der Waals surface area contributed by atoms with E-state index in [0.29, 0.717) is 11.4 Å². The molecule has 2 N–H and O–H groups in total. The third-order valence-corrected chi connectivity index (χ3v) is 4.28. The minimum absolute atomic E-state index is 0.178. The van der Waals surface area contributed by atoms with Crippen LogP contribution in [0.1, 0.15) is 53.8 Å². The number of hydrogen-bond donors (Lipinski definition) is 2. The van der Waals surface area contributed by atoms with Crippen LogP contribution in [-0.4, -0.2) is 21.1 Å². The van der Waals surface area contributed by atoms with Crippen LogP contribution in [0, 0.1) is 12.8 Å². The molecule has 22 heavy (non-hydrogen) atoms. The normalized spacial score (nSPS) is 15.7. The van der Waals surface area contributed by atoms with E-state index >= 15 is 0 Å². The van der Waals surface area contributed by atoms with Crippen LogP contribution in [0.4, 0.5) is 5.82 Å². The number of pyridine rings is 1. The second-order valence-corrected chi connectivity index (χ2v) is 6.13. The quantitative estimate of drug-likeness (QED) is 0.907. The average Bonchev–Trinajstić information content (AvgIpc) is 2.96. The van der Waals surface area contributed by atoms with E-state index in [1.165, 1.54) is 32.1 Å². The van der Waals surface area contributed by atoms with Gasteiger partial charge in [-0.15, -0.1) is 0 Å².